The van der Waals surface area contributed by atoms with Crippen molar-refractivity contribution >= 4 is 17.3 Å². The van der Waals surface area contributed by atoms with Crippen LogP contribution in [0.25, 0.3) is 0 Å². The number of aromatic amines is 1. The lowest BCUT2D eigenvalue weighted by Crippen LogP contribution is -2.12. The van der Waals surface area contributed by atoms with Crippen LogP contribution in [0.15, 0.2) is 17.2 Å². The lowest BCUT2D eigenvalue weighted by atomic mass is 10.3. The number of H-pyrrole nitrogens is 1. The molecule has 0 unspecified atom stereocenters. The Bertz CT molecular complexity index is 360. The average molecular weight is 189 g/mol. The van der Waals surface area contributed by atoms with Crippen LogP contribution in [0.4, 0.5) is 5.69 Å². The van der Waals surface area contributed by atoms with Crippen LogP contribution in [-0.2, 0) is 5.88 Å². The highest BCUT2D eigenvalue weighted by Gasteiger charge is 2.13. The molecule has 0 aliphatic rings. The van der Waals surface area contributed by atoms with Gasteiger partial charge in [-0.3, -0.25) is 14.9 Å². The maximum Gasteiger partial charge on any atom is 0.332 e. The second kappa shape index (κ2) is 3.36. The topological polar surface area (TPSA) is 76.0 Å². The first kappa shape index (κ1) is 8.73. The predicted octanol–water partition coefficient (Wildman–Crippen LogP) is 1.02. The molecule has 0 atom stereocenters. The van der Waals surface area contributed by atoms with Crippen molar-refractivity contribution in [2.45, 2.75) is 5.88 Å². The van der Waals surface area contributed by atoms with Crippen molar-refractivity contribution in [2.75, 3.05) is 0 Å². The third-order valence-corrected chi connectivity index (χ3v) is 1.63. The molecular weight excluding hydrogens is 184 g/mol. The van der Waals surface area contributed by atoms with E-state index < -0.39 is 16.0 Å². The Morgan fingerprint density at radius 2 is 2.25 bits per heavy atom. The zero-order chi connectivity index (χ0) is 9.14. The number of hydrogen-bond donors (Lipinski definition) is 1. The number of nitrogens with zero attached hydrogens (tertiary/aromatic N) is 1. The number of nitrogens with one attached hydrogen (secondary N) is 1. The molecule has 1 aromatic rings. The number of alkyl halides is 1. The van der Waals surface area contributed by atoms with Gasteiger partial charge in [0, 0.05) is 11.8 Å². The molecule has 0 fully saturated rings. The molecule has 0 aromatic carbocycles. The number of rotatable bonds is 2. The van der Waals surface area contributed by atoms with E-state index in [4.69, 9.17) is 11.6 Å². The van der Waals surface area contributed by atoms with E-state index in [1.165, 1.54) is 6.20 Å². The molecule has 1 aromatic heterocycles. The summed E-state index contributed by atoms with van der Waals surface area (Å²) < 4.78 is 0. The fourth-order valence-corrected chi connectivity index (χ4v) is 0.950. The fourth-order valence-electron chi connectivity index (χ4n) is 0.752. The second-order valence-electron chi connectivity index (χ2n) is 2.09. The van der Waals surface area contributed by atoms with Crippen molar-refractivity contribution in [1.82, 2.24) is 4.98 Å². The highest BCUT2D eigenvalue weighted by molar-refractivity contribution is 6.17. The van der Waals surface area contributed by atoms with Crippen molar-refractivity contribution in [3.05, 3.63) is 38.3 Å². The van der Waals surface area contributed by atoms with Crippen molar-refractivity contribution < 1.29 is 4.92 Å². The zero-order valence-electron chi connectivity index (χ0n) is 5.91. The highest BCUT2D eigenvalue weighted by atomic mass is 35.5. The predicted molar refractivity (Wildman–Crippen MR) is 43.3 cm³/mol. The molecule has 0 spiro atoms. The number of hydrogen-bond acceptors (Lipinski definition) is 3. The minimum Gasteiger partial charge on any atom is -0.361 e. The van der Waals surface area contributed by atoms with Gasteiger partial charge >= 0.3 is 5.69 Å². The normalized spacial score (nSPS) is 9.75. The standard InChI is InChI=1S/C6H5ClN2O3/c7-1-4-2-8-3-5(6(4)10)9(11)12/h2-3H,1H2,(H,8,10). The van der Waals surface area contributed by atoms with E-state index in [2.05, 4.69) is 4.98 Å². The van der Waals surface area contributed by atoms with E-state index in [0.717, 1.165) is 6.20 Å². The van der Waals surface area contributed by atoms with Crippen LogP contribution in [0.1, 0.15) is 5.56 Å². The van der Waals surface area contributed by atoms with Gasteiger partial charge in [-0.15, -0.1) is 11.6 Å². The van der Waals surface area contributed by atoms with Crippen LogP contribution >= 0.6 is 11.6 Å². The number of pyridine rings is 1. The second-order valence-corrected chi connectivity index (χ2v) is 2.35. The van der Waals surface area contributed by atoms with Gasteiger partial charge < -0.3 is 4.98 Å². The molecule has 1 heterocycles. The van der Waals surface area contributed by atoms with Gasteiger partial charge in [0.2, 0.25) is 0 Å². The van der Waals surface area contributed by atoms with Gasteiger partial charge in [0.1, 0.15) is 0 Å². The Morgan fingerprint density at radius 1 is 1.58 bits per heavy atom. The molecule has 0 saturated heterocycles. The van der Waals surface area contributed by atoms with E-state index in [9.17, 15) is 14.9 Å². The lowest BCUT2D eigenvalue weighted by Gasteiger charge is -1.93. The summed E-state index contributed by atoms with van der Waals surface area (Å²) in [6.07, 6.45) is 2.39. The van der Waals surface area contributed by atoms with E-state index in [1.54, 1.807) is 0 Å². The number of aromatic nitrogens is 1. The summed E-state index contributed by atoms with van der Waals surface area (Å²) in [6, 6.07) is 0. The maximum absolute atomic E-state index is 11.1. The van der Waals surface area contributed by atoms with Crippen LogP contribution in [0.5, 0.6) is 0 Å². The van der Waals surface area contributed by atoms with Crippen LogP contribution in [-0.4, -0.2) is 9.91 Å². The molecule has 0 radical (unpaired) electrons. The van der Waals surface area contributed by atoms with Gasteiger partial charge in [0.25, 0.3) is 5.43 Å². The third kappa shape index (κ3) is 1.45. The van der Waals surface area contributed by atoms with Crippen LogP contribution in [0, 0.1) is 10.1 Å². The molecule has 1 N–H and O–H groups in total. The van der Waals surface area contributed by atoms with Gasteiger partial charge in [0.15, 0.2) is 0 Å². The number of halogens is 1. The maximum atomic E-state index is 11.1. The van der Waals surface area contributed by atoms with Gasteiger partial charge in [-0.25, -0.2) is 0 Å². The van der Waals surface area contributed by atoms with Crippen molar-refractivity contribution in [1.29, 1.82) is 0 Å². The van der Waals surface area contributed by atoms with Gasteiger partial charge in [-0.05, 0) is 0 Å². The minimum atomic E-state index is -0.741. The smallest absolute Gasteiger partial charge is 0.332 e. The average Bonchev–Trinajstić information content (AvgIpc) is 2.04. The van der Waals surface area contributed by atoms with Crippen LogP contribution < -0.4 is 5.43 Å². The van der Waals surface area contributed by atoms with Crippen LogP contribution in [0.3, 0.4) is 0 Å². The summed E-state index contributed by atoms with van der Waals surface area (Å²) in [7, 11) is 0. The monoisotopic (exact) mass is 188 g/mol. The lowest BCUT2D eigenvalue weighted by molar-refractivity contribution is -0.386. The molecule has 1 rings (SSSR count). The van der Waals surface area contributed by atoms with Crippen molar-refractivity contribution in [3.8, 4) is 0 Å². The van der Waals surface area contributed by atoms with Gasteiger partial charge in [0.05, 0.1) is 17.0 Å². The summed E-state index contributed by atoms with van der Waals surface area (Å²) >= 11 is 5.37. The molecule has 0 aliphatic carbocycles. The first-order chi connectivity index (χ1) is 5.66. The van der Waals surface area contributed by atoms with E-state index >= 15 is 0 Å². The first-order valence-electron chi connectivity index (χ1n) is 3.07. The molecule has 6 heteroatoms. The summed E-state index contributed by atoms with van der Waals surface area (Å²) in [5.41, 5.74) is -0.909. The largest absolute Gasteiger partial charge is 0.361 e. The Balaban J connectivity index is 3.33. The number of nitro groups is 1. The molecule has 0 amide bonds. The van der Waals surface area contributed by atoms with E-state index in [-0.39, 0.29) is 11.4 Å². The van der Waals surface area contributed by atoms with E-state index in [0.29, 0.717) is 0 Å². The molecular formula is C6H5ClN2O3. The Labute approximate surface area is 72.1 Å². The fraction of sp³-hybridized carbons (Fsp3) is 0.167. The summed E-state index contributed by atoms with van der Waals surface area (Å²) in [5, 5.41) is 10.2. The molecule has 0 aliphatic heterocycles. The first-order valence-corrected chi connectivity index (χ1v) is 3.60. The molecule has 12 heavy (non-hydrogen) atoms. The van der Waals surface area contributed by atoms with Crippen molar-refractivity contribution in [2.24, 2.45) is 0 Å². The summed E-state index contributed by atoms with van der Waals surface area (Å²) in [6.45, 7) is 0. The van der Waals surface area contributed by atoms with Crippen molar-refractivity contribution in [3.63, 3.8) is 0 Å². The summed E-state index contributed by atoms with van der Waals surface area (Å²) in [4.78, 5) is 23.1. The quantitative estimate of drug-likeness (QED) is 0.428. The molecule has 64 valence electrons. The summed E-state index contributed by atoms with van der Waals surface area (Å²) in [5.74, 6) is -0.0307. The molecule has 5 nitrogen and oxygen atoms in total. The molecule has 0 bridgehead atoms. The SMILES string of the molecule is O=c1c(CCl)c[nH]cc1[N+](=O)[O-]. The molecule has 0 saturated carbocycles. The Morgan fingerprint density at radius 3 is 2.75 bits per heavy atom. The zero-order valence-corrected chi connectivity index (χ0v) is 6.67. The Hall–Kier alpha value is -1.36. The Kier molecular flexibility index (Phi) is 2.44. The van der Waals surface area contributed by atoms with Crippen LogP contribution in [0.2, 0.25) is 0 Å². The van der Waals surface area contributed by atoms with Gasteiger partial charge in [-0.1, -0.05) is 0 Å². The minimum absolute atomic E-state index is 0.0307. The third-order valence-electron chi connectivity index (χ3n) is 1.34. The van der Waals surface area contributed by atoms with E-state index in [1.807, 2.05) is 0 Å². The highest BCUT2D eigenvalue weighted by Crippen LogP contribution is 2.03. The van der Waals surface area contributed by atoms with Gasteiger partial charge in [-0.2, -0.15) is 0 Å².